The molecule has 1 aliphatic heterocycles. The Kier molecular flexibility index (Phi) is 5.33. The Bertz CT molecular complexity index is 249. The molecule has 0 spiro atoms. The van der Waals surface area contributed by atoms with E-state index in [1.165, 1.54) is 0 Å². The normalized spacial score (nSPS) is 31.1. The lowest BCUT2D eigenvalue weighted by Crippen LogP contribution is -2.52. The first kappa shape index (κ1) is 14.4. The topological polar surface area (TPSA) is 61.6 Å². The quantitative estimate of drug-likeness (QED) is 0.533. The first-order valence-electron chi connectivity index (χ1n) is 6.41. The van der Waals surface area contributed by atoms with Crippen LogP contribution in [0.25, 0.3) is 0 Å². The Morgan fingerprint density at radius 1 is 1.41 bits per heavy atom. The van der Waals surface area contributed by atoms with Crippen LogP contribution in [0.2, 0.25) is 0 Å². The maximum atomic E-state index is 10.8. The summed E-state index contributed by atoms with van der Waals surface area (Å²) in [5, 5.41) is 10.8. The summed E-state index contributed by atoms with van der Waals surface area (Å²) in [6.45, 7) is 6.12. The minimum absolute atomic E-state index is 0.146. The Balaban J connectivity index is 2.47. The number of hydrogen-bond acceptors (Lipinski definition) is 4. The number of hydrogen-bond donors (Lipinski definition) is 0. The summed E-state index contributed by atoms with van der Waals surface area (Å²) in [4.78, 5) is 10.5. The fraction of sp³-hybridized carbons (Fsp3) is 1.00. The highest BCUT2D eigenvalue weighted by molar-refractivity contribution is 4.78. The van der Waals surface area contributed by atoms with Gasteiger partial charge in [-0.3, -0.25) is 10.1 Å². The summed E-state index contributed by atoms with van der Waals surface area (Å²) >= 11 is 0. The second-order valence-corrected chi connectivity index (χ2v) is 5.06. The van der Waals surface area contributed by atoms with Crippen LogP contribution >= 0.6 is 0 Å². The third-order valence-electron chi connectivity index (χ3n) is 3.40. The summed E-state index contributed by atoms with van der Waals surface area (Å²) in [6, 6.07) is 0. The molecule has 100 valence electrons. The molecular weight excluding hydrogens is 222 g/mol. The van der Waals surface area contributed by atoms with Crippen molar-refractivity contribution in [3.63, 3.8) is 0 Å². The van der Waals surface area contributed by atoms with E-state index in [0.717, 1.165) is 25.7 Å². The third kappa shape index (κ3) is 3.64. The van der Waals surface area contributed by atoms with Crippen molar-refractivity contribution in [2.75, 3.05) is 13.2 Å². The highest BCUT2D eigenvalue weighted by atomic mass is 16.7. The van der Waals surface area contributed by atoms with Crippen molar-refractivity contribution < 1.29 is 14.4 Å². The monoisotopic (exact) mass is 245 g/mol. The molecule has 1 saturated heterocycles. The molecule has 1 rings (SSSR count). The van der Waals surface area contributed by atoms with E-state index in [1.807, 2.05) is 0 Å². The molecule has 0 bridgehead atoms. The summed E-state index contributed by atoms with van der Waals surface area (Å²) in [7, 11) is 0. The van der Waals surface area contributed by atoms with Crippen LogP contribution in [0.15, 0.2) is 0 Å². The number of nitro groups is 1. The van der Waals surface area contributed by atoms with E-state index in [2.05, 4.69) is 13.8 Å². The summed E-state index contributed by atoms with van der Waals surface area (Å²) < 4.78 is 11.1. The second-order valence-electron chi connectivity index (χ2n) is 5.06. The van der Waals surface area contributed by atoms with Crippen LogP contribution in [-0.4, -0.2) is 30.0 Å². The van der Waals surface area contributed by atoms with Crippen LogP contribution in [0.3, 0.4) is 0 Å². The smallest absolute Gasteiger partial charge is 0.265 e. The zero-order chi connectivity index (χ0) is 12.9. The molecule has 1 atom stereocenters. The average molecular weight is 245 g/mol. The molecule has 0 radical (unpaired) electrons. The lowest BCUT2D eigenvalue weighted by molar-refractivity contribution is -0.587. The fourth-order valence-electron chi connectivity index (χ4n) is 1.99. The Labute approximate surface area is 103 Å². The molecule has 5 heteroatoms. The van der Waals surface area contributed by atoms with Gasteiger partial charge in [0.05, 0.1) is 0 Å². The SMILES string of the molecule is CCCC[C@@H](CC)C1OCC(C)([N+](=O)[O-])CO1. The lowest BCUT2D eigenvalue weighted by atomic mass is 9.97. The molecular formula is C12H23NO4. The third-order valence-corrected chi connectivity index (χ3v) is 3.40. The molecule has 1 fully saturated rings. The van der Waals surface area contributed by atoms with Crippen molar-refractivity contribution in [1.82, 2.24) is 0 Å². The van der Waals surface area contributed by atoms with Gasteiger partial charge in [-0.2, -0.15) is 0 Å². The van der Waals surface area contributed by atoms with Crippen LogP contribution in [0.1, 0.15) is 46.5 Å². The Morgan fingerprint density at radius 3 is 2.41 bits per heavy atom. The fourth-order valence-corrected chi connectivity index (χ4v) is 1.99. The summed E-state index contributed by atoms with van der Waals surface area (Å²) in [5.74, 6) is 0.353. The van der Waals surface area contributed by atoms with Crippen molar-refractivity contribution in [3.8, 4) is 0 Å². The van der Waals surface area contributed by atoms with E-state index in [1.54, 1.807) is 6.92 Å². The number of unbranched alkanes of at least 4 members (excludes halogenated alkanes) is 1. The number of nitrogens with zero attached hydrogens (tertiary/aromatic N) is 1. The molecule has 0 aliphatic carbocycles. The van der Waals surface area contributed by atoms with E-state index in [9.17, 15) is 10.1 Å². The molecule has 5 nitrogen and oxygen atoms in total. The van der Waals surface area contributed by atoms with Crippen LogP contribution in [0, 0.1) is 16.0 Å². The molecule has 0 amide bonds. The van der Waals surface area contributed by atoms with Gasteiger partial charge in [0.15, 0.2) is 6.29 Å². The van der Waals surface area contributed by atoms with Crippen molar-refractivity contribution in [2.45, 2.75) is 58.3 Å². The predicted molar refractivity (Wildman–Crippen MR) is 64.4 cm³/mol. The van der Waals surface area contributed by atoms with Crippen molar-refractivity contribution in [2.24, 2.45) is 5.92 Å². The van der Waals surface area contributed by atoms with Crippen molar-refractivity contribution in [1.29, 1.82) is 0 Å². The Morgan fingerprint density at radius 2 is 2.00 bits per heavy atom. The zero-order valence-corrected chi connectivity index (χ0v) is 11.0. The van der Waals surface area contributed by atoms with Gasteiger partial charge in [-0.15, -0.1) is 0 Å². The Hall–Kier alpha value is -0.680. The van der Waals surface area contributed by atoms with Crippen LogP contribution in [0.4, 0.5) is 0 Å². The number of ether oxygens (including phenoxy) is 2. The molecule has 0 unspecified atom stereocenters. The van der Waals surface area contributed by atoms with E-state index in [-0.39, 0.29) is 24.4 Å². The predicted octanol–water partition coefficient (Wildman–Crippen LogP) is 2.61. The van der Waals surface area contributed by atoms with Crippen molar-refractivity contribution in [3.05, 3.63) is 10.1 Å². The second kappa shape index (κ2) is 6.31. The molecule has 17 heavy (non-hydrogen) atoms. The standard InChI is InChI=1S/C12H23NO4/c1-4-6-7-10(5-2)11-16-8-12(3,9-17-11)13(14)15/h10-11H,4-9H2,1-3H3/t10-,11?,12?/m1/s1. The van der Waals surface area contributed by atoms with Gasteiger partial charge < -0.3 is 9.47 Å². The van der Waals surface area contributed by atoms with Crippen LogP contribution < -0.4 is 0 Å². The molecule has 0 aromatic heterocycles. The first-order chi connectivity index (χ1) is 8.03. The van der Waals surface area contributed by atoms with Gasteiger partial charge in [0.25, 0.3) is 5.54 Å². The molecule has 1 heterocycles. The summed E-state index contributed by atoms with van der Waals surface area (Å²) in [5.41, 5.74) is -1.08. The van der Waals surface area contributed by atoms with Gasteiger partial charge in [-0.25, -0.2) is 0 Å². The highest BCUT2D eigenvalue weighted by Gasteiger charge is 2.44. The summed E-state index contributed by atoms with van der Waals surface area (Å²) in [6.07, 6.45) is 4.08. The van der Waals surface area contributed by atoms with E-state index >= 15 is 0 Å². The van der Waals surface area contributed by atoms with Gasteiger partial charge in [0, 0.05) is 17.8 Å². The van der Waals surface area contributed by atoms with E-state index in [0.29, 0.717) is 5.92 Å². The largest absolute Gasteiger partial charge is 0.345 e. The first-order valence-corrected chi connectivity index (χ1v) is 6.41. The van der Waals surface area contributed by atoms with Gasteiger partial charge in [-0.05, 0) is 12.8 Å². The molecule has 1 aliphatic rings. The molecule has 0 saturated carbocycles. The number of rotatable bonds is 6. The molecule has 0 aromatic rings. The maximum Gasteiger partial charge on any atom is 0.265 e. The average Bonchev–Trinajstić information content (AvgIpc) is 2.32. The van der Waals surface area contributed by atoms with E-state index in [4.69, 9.17) is 9.47 Å². The van der Waals surface area contributed by atoms with E-state index < -0.39 is 5.54 Å². The van der Waals surface area contributed by atoms with Gasteiger partial charge >= 0.3 is 0 Å². The van der Waals surface area contributed by atoms with Gasteiger partial charge in [0.2, 0.25) is 0 Å². The van der Waals surface area contributed by atoms with Crippen molar-refractivity contribution >= 4 is 0 Å². The van der Waals surface area contributed by atoms with Gasteiger partial charge in [-0.1, -0.05) is 26.7 Å². The van der Waals surface area contributed by atoms with Crippen LogP contribution in [-0.2, 0) is 9.47 Å². The highest BCUT2D eigenvalue weighted by Crippen LogP contribution is 2.27. The zero-order valence-electron chi connectivity index (χ0n) is 11.0. The lowest BCUT2D eigenvalue weighted by Gasteiger charge is -2.35. The molecule has 0 aromatic carbocycles. The minimum atomic E-state index is -1.08. The minimum Gasteiger partial charge on any atom is -0.345 e. The molecule has 0 N–H and O–H groups in total. The van der Waals surface area contributed by atoms with Gasteiger partial charge in [0.1, 0.15) is 13.2 Å². The van der Waals surface area contributed by atoms with Crippen LogP contribution in [0.5, 0.6) is 0 Å². The maximum absolute atomic E-state index is 10.8.